The first kappa shape index (κ1) is 11.2. The zero-order chi connectivity index (χ0) is 8.91. The molecule has 0 aliphatic carbocycles. The lowest BCUT2D eigenvalue weighted by atomic mass is 9.86. The van der Waals surface area contributed by atoms with E-state index in [1.807, 2.05) is 0 Å². The van der Waals surface area contributed by atoms with E-state index in [-0.39, 0.29) is 7.12 Å². The van der Waals surface area contributed by atoms with E-state index >= 15 is 0 Å². The maximum absolute atomic E-state index is 5.09. The van der Waals surface area contributed by atoms with Crippen LogP contribution in [-0.2, 0) is 9.31 Å². The molecule has 0 aromatic rings. The molecule has 0 rings (SSSR count). The SMILES string of the molecule is COB(CC[Si](C)(C)C)OC. The van der Waals surface area contributed by atoms with Crippen molar-refractivity contribution in [3.8, 4) is 0 Å². The van der Waals surface area contributed by atoms with Gasteiger partial charge in [0, 0.05) is 22.3 Å². The highest BCUT2D eigenvalue weighted by atomic mass is 28.3. The van der Waals surface area contributed by atoms with Crippen LogP contribution in [0.4, 0.5) is 0 Å². The van der Waals surface area contributed by atoms with Gasteiger partial charge in [-0.3, -0.25) is 0 Å². The van der Waals surface area contributed by atoms with Crippen LogP contribution in [0.15, 0.2) is 0 Å². The van der Waals surface area contributed by atoms with E-state index in [4.69, 9.17) is 9.31 Å². The third kappa shape index (κ3) is 6.59. The average Bonchev–Trinajstić information content (AvgIpc) is 1.88. The fourth-order valence-electron chi connectivity index (χ4n) is 0.883. The van der Waals surface area contributed by atoms with Gasteiger partial charge in [-0.1, -0.05) is 25.7 Å². The smallest absolute Gasteiger partial charge is 0.414 e. The minimum atomic E-state index is -0.913. The van der Waals surface area contributed by atoms with Gasteiger partial charge in [0.05, 0.1) is 0 Å². The van der Waals surface area contributed by atoms with Crippen molar-refractivity contribution in [3.05, 3.63) is 0 Å². The first-order valence-electron chi connectivity index (χ1n) is 4.05. The summed E-state index contributed by atoms with van der Waals surface area (Å²) in [5.74, 6) is 0. The molecule has 0 heterocycles. The van der Waals surface area contributed by atoms with Crippen molar-refractivity contribution in [1.82, 2.24) is 0 Å². The Labute approximate surface area is 71.4 Å². The number of rotatable bonds is 5. The van der Waals surface area contributed by atoms with Gasteiger partial charge in [0.1, 0.15) is 0 Å². The highest BCUT2D eigenvalue weighted by Crippen LogP contribution is 2.13. The van der Waals surface area contributed by atoms with Crippen molar-refractivity contribution in [2.45, 2.75) is 32.0 Å². The Morgan fingerprint density at radius 2 is 1.55 bits per heavy atom. The lowest BCUT2D eigenvalue weighted by Crippen LogP contribution is -2.26. The zero-order valence-electron chi connectivity index (χ0n) is 8.31. The van der Waals surface area contributed by atoms with Crippen LogP contribution in [0, 0.1) is 0 Å². The predicted molar refractivity (Wildman–Crippen MR) is 52.7 cm³/mol. The summed E-state index contributed by atoms with van der Waals surface area (Å²) in [6.45, 7) is 7.07. The topological polar surface area (TPSA) is 18.5 Å². The summed E-state index contributed by atoms with van der Waals surface area (Å²) in [7, 11) is 2.47. The number of hydrogen-bond donors (Lipinski definition) is 0. The van der Waals surface area contributed by atoms with Crippen molar-refractivity contribution in [1.29, 1.82) is 0 Å². The molecule has 66 valence electrons. The minimum absolute atomic E-state index is 0.00160. The van der Waals surface area contributed by atoms with Crippen molar-refractivity contribution >= 4 is 15.2 Å². The second-order valence-corrected chi connectivity index (χ2v) is 9.62. The van der Waals surface area contributed by atoms with Crippen molar-refractivity contribution < 1.29 is 9.31 Å². The normalized spacial score (nSPS) is 11.7. The van der Waals surface area contributed by atoms with Crippen molar-refractivity contribution in [2.75, 3.05) is 14.2 Å². The zero-order valence-corrected chi connectivity index (χ0v) is 9.31. The highest BCUT2D eigenvalue weighted by Gasteiger charge is 2.20. The van der Waals surface area contributed by atoms with E-state index in [0.29, 0.717) is 0 Å². The van der Waals surface area contributed by atoms with E-state index in [1.165, 1.54) is 6.04 Å². The molecule has 0 spiro atoms. The molecule has 0 atom stereocenters. The Balaban J connectivity index is 3.51. The summed E-state index contributed by atoms with van der Waals surface area (Å²) in [4.78, 5) is 0. The van der Waals surface area contributed by atoms with E-state index in [1.54, 1.807) is 14.2 Å². The average molecular weight is 174 g/mol. The molecule has 0 fully saturated rings. The molecule has 0 saturated carbocycles. The van der Waals surface area contributed by atoms with Gasteiger partial charge in [-0.25, -0.2) is 0 Å². The van der Waals surface area contributed by atoms with E-state index in [2.05, 4.69) is 19.6 Å². The molecular weight excluding hydrogens is 155 g/mol. The molecule has 0 amide bonds. The van der Waals surface area contributed by atoms with E-state index in [0.717, 1.165) is 6.32 Å². The van der Waals surface area contributed by atoms with Crippen LogP contribution in [0.25, 0.3) is 0 Å². The van der Waals surface area contributed by atoms with Gasteiger partial charge in [0.25, 0.3) is 0 Å². The summed E-state index contributed by atoms with van der Waals surface area (Å²) < 4.78 is 10.2. The molecule has 0 unspecified atom stereocenters. The Morgan fingerprint density at radius 3 is 1.82 bits per heavy atom. The molecular formula is C7H19BO2Si. The molecule has 0 aromatic carbocycles. The molecule has 0 aromatic heterocycles. The maximum atomic E-state index is 5.09. The van der Waals surface area contributed by atoms with Crippen LogP contribution < -0.4 is 0 Å². The lowest BCUT2D eigenvalue weighted by molar-refractivity contribution is 0.279. The molecule has 0 bridgehead atoms. The molecule has 0 saturated heterocycles. The first-order chi connectivity index (χ1) is 4.99. The van der Waals surface area contributed by atoms with Crippen LogP contribution in [-0.4, -0.2) is 29.4 Å². The Bertz CT molecular complexity index is 99.1. The van der Waals surface area contributed by atoms with Crippen molar-refractivity contribution in [2.24, 2.45) is 0 Å². The molecule has 0 N–H and O–H groups in total. The van der Waals surface area contributed by atoms with Gasteiger partial charge in [-0.2, -0.15) is 0 Å². The van der Waals surface area contributed by atoms with Gasteiger partial charge >= 0.3 is 7.12 Å². The van der Waals surface area contributed by atoms with Gasteiger partial charge in [0.2, 0.25) is 0 Å². The van der Waals surface area contributed by atoms with E-state index < -0.39 is 8.07 Å². The van der Waals surface area contributed by atoms with Crippen LogP contribution in [0.3, 0.4) is 0 Å². The molecule has 0 aliphatic rings. The van der Waals surface area contributed by atoms with Gasteiger partial charge in [0.15, 0.2) is 0 Å². The van der Waals surface area contributed by atoms with Crippen LogP contribution in [0.5, 0.6) is 0 Å². The molecule has 2 nitrogen and oxygen atoms in total. The van der Waals surface area contributed by atoms with Gasteiger partial charge in [-0.15, -0.1) is 0 Å². The summed E-state index contributed by atoms with van der Waals surface area (Å²) in [6, 6.07) is 1.26. The quantitative estimate of drug-likeness (QED) is 0.594. The van der Waals surface area contributed by atoms with Crippen LogP contribution >= 0.6 is 0 Å². The second kappa shape index (κ2) is 4.96. The number of hydrogen-bond acceptors (Lipinski definition) is 2. The Kier molecular flexibility index (Phi) is 5.05. The first-order valence-corrected chi connectivity index (χ1v) is 7.76. The predicted octanol–water partition coefficient (Wildman–Crippen LogP) is 2.11. The minimum Gasteiger partial charge on any atom is -0.414 e. The third-order valence-electron chi connectivity index (χ3n) is 1.66. The molecule has 0 aliphatic heterocycles. The van der Waals surface area contributed by atoms with E-state index in [9.17, 15) is 0 Å². The molecule has 0 radical (unpaired) electrons. The monoisotopic (exact) mass is 174 g/mol. The Hall–Kier alpha value is 0.202. The lowest BCUT2D eigenvalue weighted by Gasteiger charge is -2.16. The maximum Gasteiger partial charge on any atom is 0.456 e. The van der Waals surface area contributed by atoms with Crippen LogP contribution in [0.1, 0.15) is 0 Å². The van der Waals surface area contributed by atoms with Gasteiger partial charge in [-0.05, 0) is 6.32 Å². The summed E-state index contributed by atoms with van der Waals surface area (Å²) in [6.07, 6.45) is 1.03. The second-order valence-electron chi connectivity index (χ2n) is 4.00. The summed E-state index contributed by atoms with van der Waals surface area (Å²) >= 11 is 0. The van der Waals surface area contributed by atoms with Gasteiger partial charge < -0.3 is 9.31 Å². The fourth-order valence-corrected chi connectivity index (χ4v) is 1.98. The summed E-state index contributed by atoms with van der Waals surface area (Å²) in [5, 5.41) is 0. The molecule has 11 heavy (non-hydrogen) atoms. The van der Waals surface area contributed by atoms with Crippen LogP contribution in [0.2, 0.25) is 32.0 Å². The van der Waals surface area contributed by atoms with Crippen molar-refractivity contribution in [3.63, 3.8) is 0 Å². The molecule has 4 heteroatoms. The highest BCUT2D eigenvalue weighted by molar-refractivity contribution is 6.77. The largest absolute Gasteiger partial charge is 0.456 e. The third-order valence-corrected chi connectivity index (χ3v) is 3.44. The fraction of sp³-hybridized carbons (Fsp3) is 1.00. The standard InChI is InChI=1S/C7H19BO2Si/c1-9-8(10-2)6-7-11(3,4)5/h6-7H2,1-5H3. The Morgan fingerprint density at radius 1 is 1.09 bits per heavy atom. The summed E-state index contributed by atoms with van der Waals surface area (Å²) in [5.41, 5.74) is 0.